The SMILES string of the molecule is CC(C)C[C@H](NC(=O)CNC(=O)[C@H](Cc1ccc(O)cc1)NC(=O)[C@H](CO)NC(=O)[C@H](Cc1c[nH]c2ccccc12)NC(=O)C(Cc1cnc[nH]1)NC(=O)C(N)CCC(=O)O)C(=O)N[C@H](CCCN=C(N)N)C(=O)N1CCC[C@@H]1C(=O)NCC(N)=O. The lowest BCUT2D eigenvalue weighted by atomic mass is 10.0. The second kappa shape index (κ2) is 33.0. The van der Waals surface area contributed by atoms with Gasteiger partial charge in [-0.2, -0.15) is 0 Å². The minimum atomic E-state index is -1.79. The highest BCUT2D eigenvalue weighted by Gasteiger charge is 2.39. The first-order valence-corrected chi connectivity index (χ1v) is 27.8. The number of aliphatic imine (C=N–C) groups is 1. The Balaban J connectivity index is 1.33. The summed E-state index contributed by atoms with van der Waals surface area (Å²) in [5.74, 6) is -10.2. The molecule has 1 aliphatic heterocycles. The first-order valence-electron chi connectivity index (χ1n) is 27.8. The molecule has 0 bridgehead atoms. The van der Waals surface area contributed by atoms with E-state index in [0.717, 1.165) is 0 Å². The number of carboxylic acid groups (broad SMARTS) is 1. The number of nitrogens with one attached hydrogen (secondary N) is 10. The van der Waals surface area contributed by atoms with E-state index in [1.54, 1.807) is 44.3 Å². The maximum Gasteiger partial charge on any atom is 0.303 e. The number of primary amides is 1. The van der Waals surface area contributed by atoms with E-state index in [2.05, 4.69) is 62.5 Å². The van der Waals surface area contributed by atoms with E-state index in [-0.39, 0.29) is 82.1 Å². The lowest BCUT2D eigenvalue weighted by Crippen LogP contribution is -2.60. The summed E-state index contributed by atoms with van der Waals surface area (Å²) < 4.78 is 0. The molecule has 10 amide bonds. The summed E-state index contributed by atoms with van der Waals surface area (Å²) in [5.41, 5.74) is 24.2. The van der Waals surface area contributed by atoms with Crippen molar-refractivity contribution in [2.45, 2.75) is 126 Å². The number of aromatic nitrogens is 3. The van der Waals surface area contributed by atoms with Gasteiger partial charge in [-0.25, -0.2) is 4.98 Å². The third kappa shape index (κ3) is 21.2. The van der Waals surface area contributed by atoms with Crippen LogP contribution in [0.25, 0.3) is 10.9 Å². The smallest absolute Gasteiger partial charge is 0.303 e. The Morgan fingerprint density at radius 1 is 0.721 bits per heavy atom. The van der Waals surface area contributed by atoms with Gasteiger partial charge in [0, 0.05) is 67.8 Å². The third-order valence-electron chi connectivity index (χ3n) is 13.8. The van der Waals surface area contributed by atoms with E-state index in [4.69, 9.17) is 28.0 Å². The first-order chi connectivity index (χ1) is 40.9. The minimum absolute atomic E-state index is 0.00740. The van der Waals surface area contributed by atoms with Crippen LogP contribution in [0.1, 0.15) is 75.6 Å². The molecule has 31 heteroatoms. The Labute approximate surface area is 493 Å². The van der Waals surface area contributed by atoms with E-state index in [9.17, 15) is 63.0 Å². The van der Waals surface area contributed by atoms with Crippen LogP contribution in [0.4, 0.5) is 0 Å². The molecule has 0 spiro atoms. The van der Waals surface area contributed by atoms with Gasteiger partial charge in [0.05, 0.1) is 32.1 Å². The van der Waals surface area contributed by atoms with E-state index in [1.807, 2.05) is 0 Å². The highest BCUT2D eigenvalue weighted by molar-refractivity contribution is 5.98. The Morgan fingerprint density at radius 2 is 1.35 bits per heavy atom. The molecule has 4 aromatic rings. The monoisotopic (exact) mass is 1200 g/mol. The lowest BCUT2D eigenvalue weighted by Gasteiger charge is -2.30. The van der Waals surface area contributed by atoms with Crippen molar-refractivity contribution >= 4 is 81.9 Å². The van der Waals surface area contributed by atoms with Crippen molar-refractivity contribution in [1.82, 2.24) is 62.4 Å². The zero-order valence-electron chi connectivity index (χ0n) is 47.6. The largest absolute Gasteiger partial charge is 0.508 e. The summed E-state index contributed by atoms with van der Waals surface area (Å²) in [4.78, 5) is 163. The van der Waals surface area contributed by atoms with Gasteiger partial charge in [-0.15, -0.1) is 0 Å². The summed E-state index contributed by atoms with van der Waals surface area (Å²) in [6.45, 7) is 1.54. The maximum absolute atomic E-state index is 14.4. The standard InChI is InChI=1S/C55H77N17O14/c1-29(2)19-38(49(81)67-37(9-5-17-61-55(58)59)54(86)72-18-6-10-43(72)53(85)63-25-44(57)75)66-45(76)26-64-48(80)39(20-30-11-13-33(74)14-12-30)69-52(84)42(27-73)71-50(82)40(21-31-23-62-36-8-4-3-7-34(31)36)70-51(83)41(22-32-24-60-28-65-32)68-47(79)35(56)15-16-46(77)78/h3-4,7-8,11-14,23-24,28-29,35,37-43,62,73-74H,5-6,9-10,15-22,25-27,56H2,1-2H3,(H2,57,75)(H,60,65)(H,63,85)(H,64,80)(H,66,76)(H,67,81)(H,68,79)(H,69,84)(H,70,83)(H,71,82)(H,77,78)(H4,58,59,61)/t35?,37-,38+,39+,40+,41?,42+,43-/m1/s1. The molecule has 2 aromatic carbocycles. The molecule has 5 rings (SSSR count). The fourth-order valence-corrected chi connectivity index (χ4v) is 9.40. The molecule has 1 fully saturated rings. The van der Waals surface area contributed by atoms with Gasteiger partial charge in [0.25, 0.3) is 0 Å². The number of benzene rings is 2. The number of carbonyl (C=O) groups is 11. The van der Waals surface area contributed by atoms with Gasteiger partial charge < -0.3 is 95.7 Å². The van der Waals surface area contributed by atoms with E-state index in [1.165, 1.54) is 41.7 Å². The zero-order valence-corrected chi connectivity index (χ0v) is 47.6. The number of phenolic OH excluding ortho intramolecular Hbond substituents is 1. The molecule has 1 saturated heterocycles. The number of aromatic amines is 2. The number of aromatic hydroxyl groups is 1. The summed E-state index contributed by atoms with van der Waals surface area (Å²) in [6.07, 6.45) is 3.95. The van der Waals surface area contributed by atoms with Crippen LogP contribution in [-0.4, -0.2) is 187 Å². The van der Waals surface area contributed by atoms with Crippen LogP contribution in [0.15, 0.2) is 72.2 Å². The molecule has 0 radical (unpaired) electrons. The van der Waals surface area contributed by atoms with Crippen LogP contribution in [0.5, 0.6) is 5.75 Å². The van der Waals surface area contributed by atoms with Crippen molar-refractivity contribution in [1.29, 1.82) is 0 Å². The van der Waals surface area contributed by atoms with Crippen LogP contribution in [-0.2, 0) is 72.0 Å². The number of H-pyrrole nitrogens is 2. The van der Waals surface area contributed by atoms with Gasteiger partial charge in [-0.05, 0) is 73.8 Å². The van der Waals surface area contributed by atoms with Crippen molar-refractivity contribution < 1.29 is 68.1 Å². The number of aliphatic hydroxyl groups is 1. The van der Waals surface area contributed by atoms with E-state index in [0.29, 0.717) is 34.1 Å². The number of imidazole rings is 1. The molecule has 0 saturated carbocycles. The topological polar surface area (TPSA) is 509 Å². The molecule has 3 heterocycles. The number of aliphatic hydroxyl groups excluding tert-OH is 1. The Hall–Kier alpha value is -9.65. The number of guanidine groups is 1. The normalized spacial score (nSPS) is 15.3. The number of hydrogen-bond acceptors (Lipinski definition) is 16. The van der Waals surface area contributed by atoms with Gasteiger partial charge in [0.15, 0.2) is 5.96 Å². The molecule has 2 unspecified atom stereocenters. The average molecular weight is 1200 g/mol. The van der Waals surface area contributed by atoms with Crippen LogP contribution in [0.2, 0.25) is 0 Å². The van der Waals surface area contributed by atoms with Gasteiger partial charge in [0.1, 0.15) is 48.0 Å². The molecule has 1 aliphatic rings. The lowest BCUT2D eigenvalue weighted by molar-refractivity contribution is -0.142. The second-order valence-electron chi connectivity index (χ2n) is 21.0. The highest BCUT2D eigenvalue weighted by atomic mass is 16.4. The number of hydrogen-bond donors (Lipinski definition) is 17. The zero-order chi connectivity index (χ0) is 63.0. The van der Waals surface area contributed by atoms with E-state index < -0.39 is 139 Å². The van der Waals surface area contributed by atoms with Crippen molar-refractivity contribution in [3.05, 3.63) is 84.1 Å². The number of nitrogens with zero attached hydrogens (tertiary/aromatic N) is 3. The van der Waals surface area contributed by atoms with Gasteiger partial charge in [-0.1, -0.05) is 44.2 Å². The van der Waals surface area contributed by atoms with Gasteiger partial charge in [0.2, 0.25) is 59.1 Å². The first kappa shape index (κ1) is 67.1. The number of amides is 10. The predicted molar refractivity (Wildman–Crippen MR) is 309 cm³/mol. The van der Waals surface area contributed by atoms with Crippen molar-refractivity contribution in [3.63, 3.8) is 0 Å². The average Bonchev–Trinajstić information content (AvgIpc) is 2.50. The molecular weight excluding hydrogens is 1120 g/mol. The highest BCUT2D eigenvalue weighted by Crippen LogP contribution is 2.22. The summed E-state index contributed by atoms with van der Waals surface area (Å²) in [7, 11) is 0. The summed E-state index contributed by atoms with van der Waals surface area (Å²) in [5, 5.41) is 50.7. The molecule has 0 aliphatic carbocycles. The van der Waals surface area contributed by atoms with Gasteiger partial charge in [-0.3, -0.25) is 57.7 Å². The number of aliphatic carboxylic acids is 1. The molecule has 31 nitrogen and oxygen atoms in total. The number of para-hydroxylation sites is 1. The number of fused-ring (bicyclic) bond motifs is 1. The fraction of sp³-hybridized carbons (Fsp3) is 0.473. The van der Waals surface area contributed by atoms with Crippen LogP contribution in [0.3, 0.4) is 0 Å². The van der Waals surface area contributed by atoms with E-state index >= 15 is 0 Å². The molecule has 8 atom stereocenters. The number of carbonyl (C=O) groups excluding carboxylic acids is 10. The molecular formula is C55H77N17O14. The summed E-state index contributed by atoms with van der Waals surface area (Å²) >= 11 is 0. The Bertz CT molecular complexity index is 3040. The number of phenols is 1. The maximum atomic E-state index is 14.4. The van der Waals surface area contributed by atoms with Crippen molar-refractivity contribution in [2.24, 2.45) is 33.8 Å². The second-order valence-corrected chi connectivity index (χ2v) is 21.0. The number of rotatable bonds is 34. The molecule has 86 heavy (non-hydrogen) atoms. The quantitative estimate of drug-likeness (QED) is 0.0119. The van der Waals surface area contributed by atoms with Crippen molar-refractivity contribution in [3.8, 4) is 5.75 Å². The van der Waals surface area contributed by atoms with Gasteiger partial charge >= 0.3 is 5.97 Å². The van der Waals surface area contributed by atoms with Crippen LogP contribution in [0, 0.1) is 5.92 Å². The van der Waals surface area contributed by atoms with Crippen molar-refractivity contribution in [2.75, 3.05) is 32.8 Å². The van der Waals surface area contributed by atoms with Crippen LogP contribution >= 0.6 is 0 Å². The Kier molecular flexibility index (Phi) is 25.8. The summed E-state index contributed by atoms with van der Waals surface area (Å²) in [6, 6.07) is 1.58. The predicted octanol–water partition coefficient (Wildman–Crippen LogP) is -4.47. The fourth-order valence-electron chi connectivity index (χ4n) is 9.40. The Morgan fingerprint density at radius 3 is 1.99 bits per heavy atom. The number of likely N-dealkylation sites (tertiary alicyclic amines) is 1. The molecule has 466 valence electrons. The minimum Gasteiger partial charge on any atom is -0.508 e. The third-order valence-corrected chi connectivity index (χ3v) is 13.8. The van der Waals surface area contributed by atoms with Crippen LogP contribution < -0.4 is 65.5 Å². The molecule has 21 N–H and O–H groups in total. The molecule has 2 aromatic heterocycles. The number of nitrogens with two attached hydrogens (primary N) is 4. The number of carboxylic acids is 1.